The van der Waals surface area contributed by atoms with Crippen LogP contribution in [0.3, 0.4) is 0 Å². The van der Waals surface area contributed by atoms with Gasteiger partial charge in [-0.2, -0.15) is 0 Å². The molecule has 1 fully saturated rings. The van der Waals surface area contributed by atoms with E-state index < -0.39 is 12.3 Å². The second-order valence-corrected chi connectivity index (χ2v) is 8.51. The maximum atomic E-state index is 12.5. The number of aromatic nitrogens is 3. The Morgan fingerprint density at radius 3 is 2.67 bits per heavy atom. The number of alkyl halides is 3. The molecule has 2 aromatic carbocycles. The number of thiazole rings is 1. The molecule has 3 heterocycles. The minimum absolute atomic E-state index is 0.0862. The number of aromatic carboxylic acids is 1. The number of hydrogen-bond donors (Lipinski definition) is 2. The van der Waals surface area contributed by atoms with Crippen molar-refractivity contribution >= 4 is 49.6 Å². The average molecular weight is 478 g/mol. The summed E-state index contributed by atoms with van der Waals surface area (Å²) in [6.07, 6.45) is -3.25. The quantitative estimate of drug-likeness (QED) is 0.400. The monoisotopic (exact) mass is 478 g/mol. The standard InChI is InChI=1S/C21H17F3N4O4S/c22-21(23,24)32-13-2-3-14-17(10-13)33-20(26-14)27-19-25-15-9-11(18(29)30)1-4-16(15)28(19)12-5-7-31-8-6-12/h1-4,9-10,12H,5-8H2,(H,29,30)(H,25,26,27). The molecule has 8 nitrogen and oxygen atoms in total. The molecule has 0 aliphatic carbocycles. The average Bonchev–Trinajstić information content (AvgIpc) is 3.32. The van der Waals surface area contributed by atoms with Crippen LogP contribution < -0.4 is 10.1 Å². The fourth-order valence-corrected chi connectivity index (χ4v) is 4.77. The van der Waals surface area contributed by atoms with Crippen LogP contribution >= 0.6 is 11.3 Å². The number of carboxylic acid groups (broad SMARTS) is 1. The molecule has 0 bridgehead atoms. The number of halogens is 3. The molecule has 2 aromatic heterocycles. The zero-order chi connectivity index (χ0) is 23.2. The van der Waals surface area contributed by atoms with Gasteiger partial charge in [0.2, 0.25) is 5.95 Å². The van der Waals surface area contributed by atoms with Crippen molar-refractivity contribution in [3.63, 3.8) is 0 Å². The highest BCUT2D eigenvalue weighted by molar-refractivity contribution is 7.22. The van der Waals surface area contributed by atoms with Crippen LogP contribution in [0.15, 0.2) is 36.4 Å². The van der Waals surface area contributed by atoms with E-state index in [2.05, 4.69) is 20.0 Å². The van der Waals surface area contributed by atoms with E-state index in [9.17, 15) is 23.1 Å². The Bertz CT molecular complexity index is 1340. The maximum absolute atomic E-state index is 12.5. The van der Waals surface area contributed by atoms with E-state index in [1.165, 1.54) is 30.3 Å². The first-order valence-electron chi connectivity index (χ1n) is 10.0. The van der Waals surface area contributed by atoms with Crippen molar-refractivity contribution in [2.24, 2.45) is 0 Å². The van der Waals surface area contributed by atoms with Crippen molar-refractivity contribution in [3.8, 4) is 5.75 Å². The van der Waals surface area contributed by atoms with Gasteiger partial charge in [0.1, 0.15) is 5.75 Å². The molecular formula is C21H17F3N4O4S. The first kappa shape index (κ1) is 21.5. The van der Waals surface area contributed by atoms with E-state index in [-0.39, 0.29) is 17.4 Å². The molecular weight excluding hydrogens is 461 g/mol. The number of fused-ring (bicyclic) bond motifs is 2. The number of rotatable bonds is 5. The molecule has 1 aliphatic rings. The zero-order valence-corrected chi connectivity index (χ0v) is 17.7. The van der Waals surface area contributed by atoms with Crippen LogP contribution in [0.5, 0.6) is 5.75 Å². The third-order valence-electron chi connectivity index (χ3n) is 5.30. The molecule has 1 saturated heterocycles. The van der Waals surface area contributed by atoms with Gasteiger partial charge in [0.15, 0.2) is 5.13 Å². The molecule has 0 saturated carbocycles. The Labute approximate surface area is 188 Å². The van der Waals surface area contributed by atoms with Gasteiger partial charge in [-0.05, 0) is 43.2 Å². The molecule has 12 heteroatoms. The van der Waals surface area contributed by atoms with Crippen molar-refractivity contribution < 1.29 is 32.5 Å². The highest BCUT2D eigenvalue weighted by Gasteiger charge is 2.31. The molecule has 2 N–H and O–H groups in total. The number of hydrogen-bond acceptors (Lipinski definition) is 7. The molecule has 0 amide bonds. The predicted molar refractivity (Wildman–Crippen MR) is 115 cm³/mol. The molecule has 0 radical (unpaired) electrons. The van der Waals surface area contributed by atoms with Gasteiger partial charge in [-0.3, -0.25) is 0 Å². The van der Waals surface area contributed by atoms with Gasteiger partial charge in [0, 0.05) is 25.3 Å². The van der Waals surface area contributed by atoms with E-state index >= 15 is 0 Å². The van der Waals surface area contributed by atoms with Gasteiger partial charge in [-0.1, -0.05) is 11.3 Å². The van der Waals surface area contributed by atoms with Gasteiger partial charge < -0.3 is 24.5 Å². The lowest BCUT2D eigenvalue weighted by Crippen LogP contribution is -2.20. The van der Waals surface area contributed by atoms with Crippen molar-refractivity contribution in [1.29, 1.82) is 0 Å². The number of carboxylic acids is 1. The van der Waals surface area contributed by atoms with Gasteiger partial charge >= 0.3 is 12.3 Å². The largest absolute Gasteiger partial charge is 0.573 e. The summed E-state index contributed by atoms with van der Waals surface area (Å²) in [4.78, 5) is 20.4. The van der Waals surface area contributed by atoms with Crippen molar-refractivity contribution in [3.05, 3.63) is 42.0 Å². The third-order valence-corrected chi connectivity index (χ3v) is 6.24. The fraction of sp³-hybridized carbons (Fsp3) is 0.286. The van der Waals surface area contributed by atoms with E-state index in [1.54, 1.807) is 6.07 Å². The number of nitrogens with one attached hydrogen (secondary N) is 1. The molecule has 33 heavy (non-hydrogen) atoms. The molecule has 0 spiro atoms. The Morgan fingerprint density at radius 2 is 1.94 bits per heavy atom. The summed E-state index contributed by atoms with van der Waals surface area (Å²) in [5.41, 5.74) is 1.93. The third kappa shape index (κ3) is 4.44. The number of anilines is 2. The van der Waals surface area contributed by atoms with Crippen LogP contribution in [0.2, 0.25) is 0 Å². The molecule has 0 unspecified atom stereocenters. The van der Waals surface area contributed by atoms with Gasteiger partial charge in [0.25, 0.3) is 0 Å². The lowest BCUT2D eigenvalue weighted by atomic mass is 10.1. The first-order valence-corrected chi connectivity index (χ1v) is 10.8. The highest BCUT2D eigenvalue weighted by atomic mass is 32.1. The number of nitrogens with zero attached hydrogens (tertiary/aromatic N) is 3. The van der Waals surface area contributed by atoms with Crippen molar-refractivity contribution in [2.45, 2.75) is 25.2 Å². The maximum Gasteiger partial charge on any atom is 0.573 e. The summed E-state index contributed by atoms with van der Waals surface area (Å²) in [7, 11) is 0. The topological polar surface area (TPSA) is 98.5 Å². The van der Waals surface area contributed by atoms with Gasteiger partial charge in [0.05, 0.1) is 26.8 Å². The number of ether oxygens (including phenoxy) is 2. The predicted octanol–water partition coefficient (Wildman–Crippen LogP) is 5.34. The molecule has 1 aliphatic heterocycles. The Morgan fingerprint density at radius 1 is 1.15 bits per heavy atom. The van der Waals surface area contributed by atoms with Crippen molar-refractivity contribution in [2.75, 3.05) is 18.5 Å². The van der Waals surface area contributed by atoms with Crippen LogP contribution in [-0.4, -0.2) is 45.2 Å². The van der Waals surface area contributed by atoms with Gasteiger partial charge in [-0.15, -0.1) is 13.2 Å². The Hall–Kier alpha value is -3.38. The first-order chi connectivity index (χ1) is 15.8. The summed E-state index contributed by atoms with van der Waals surface area (Å²) in [6.45, 7) is 1.19. The van der Waals surface area contributed by atoms with Gasteiger partial charge in [-0.25, -0.2) is 14.8 Å². The normalized spacial score (nSPS) is 15.2. The summed E-state index contributed by atoms with van der Waals surface area (Å²) in [5, 5.41) is 12.9. The minimum Gasteiger partial charge on any atom is -0.478 e. The fourth-order valence-electron chi connectivity index (χ4n) is 3.88. The molecule has 5 rings (SSSR count). The van der Waals surface area contributed by atoms with E-state index in [1.807, 2.05) is 4.57 Å². The van der Waals surface area contributed by atoms with E-state index in [0.717, 1.165) is 29.7 Å². The lowest BCUT2D eigenvalue weighted by Gasteiger charge is -2.25. The van der Waals surface area contributed by atoms with Crippen molar-refractivity contribution in [1.82, 2.24) is 14.5 Å². The number of benzene rings is 2. The summed E-state index contributed by atoms with van der Waals surface area (Å²) in [6, 6.07) is 8.81. The van der Waals surface area contributed by atoms with Crippen LogP contribution in [0.25, 0.3) is 21.3 Å². The second kappa shape index (κ2) is 8.19. The SMILES string of the molecule is O=C(O)c1ccc2c(c1)nc(Nc1nc3ccc(OC(F)(F)F)cc3s1)n2C1CCOCC1. The summed E-state index contributed by atoms with van der Waals surface area (Å²) in [5.74, 6) is -0.888. The number of carbonyl (C=O) groups is 1. The lowest BCUT2D eigenvalue weighted by molar-refractivity contribution is -0.274. The molecule has 0 atom stereocenters. The summed E-state index contributed by atoms with van der Waals surface area (Å²) < 4.78 is 49.6. The van der Waals surface area contributed by atoms with Crippen LogP contribution in [0.1, 0.15) is 29.2 Å². The van der Waals surface area contributed by atoms with E-state index in [0.29, 0.717) is 40.0 Å². The number of imidazole rings is 1. The smallest absolute Gasteiger partial charge is 0.478 e. The zero-order valence-electron chi connectivity index (χ0n) is 16.9. The minimum atomic E-state index is -4.77. The Balaban J connectivity index is 1.53. The van der Waals surface area contributed by atoms with Crippen LogP contribution in [-0.2, 0) is 4.74 Å². The molecule has 4 aromatic rings. The highest BCUT2D eigenvalue weighted by Crippen LogP contribution is 2.36. The van der Waals surface area contributed by atoms with E-state index in [4.69, 9.17) is 4.74 Å². The Kier molecular flexibility index (Phi) is 5.33. The summed E-state index contributed by atoms with van der Waals surface area (Å²) >= 11 is 1.16. The van der Waals surface area contributed by atoms with Crippen LogP contribution in [0, 0.1) is 0 Å². The van der Waals surface area contributed by atoms with Crippen LogP contribution in [0.4, 0.5) is 24.3 Å². The second-order valence-electron chi connectivity index (χ2n) is 7.48. The molecule has 172 valence electrons.